The average molecular weight is 263 g/mol. The second kappa shape index (κ2) is 7.20. The van der Waals surface area contributed by atoms with Crippen molar-refractivity contribution in [1.29, 1.82) is 0 Å². The zero-order valence-corrected chi connectivity index (χ0v) is 11.1. The van der Waals surface area contributed by atoms with Gasteiger partial charge in [0.2, 0.25) is 0 Å². The molecule has 0 fully saturated rings. The van der Waals surface area contributed by atoms with Gasteiger partial charge in [-0.2, -0.15) is 0 Å². The first-order chi connectivity index (χ1) is 9.02. The highest BCUT2D eigenvalue weighted by atomic mass is 16.5. The van der Waals surface area contributed by atoms with Gasteiger partial charge in [-0.25, -0.2) is 9.59 Å². The number of amides is 1. The fraction of sp³-hybridized carbons (Fsp3) is 0.286. The number of esters is 1. The lowest BCUT2D eigenvalue weighted by Crippen LogP contribution is -2.14. The van der Waals surface area contributed by atoms with Crippen LogP contribution in [0.15, 0.2) is 36.4 Å². The van der Waals surface area contributed by atoms with Crippen molar-refractivity contribution in [3.63, 3.8) is 0 Å². The Morgan fingerprint density at radius 3 is 2.42 bits per heavy atom. The minimum atomic E-state index is -0.506. The molecule has 0 heterocycles. The third-order valence-corrected chi connectivity index (χ3v) is 2.10. The van der Waals surface area contributed by atoms with Crippen molar-refractivity contribution in [2.24, 2.45) is 0 Å². The maximum absolute atomic E-state index is 11.3. The van der Waals surface area contributed by atoms with Gasteiger partial charge < -0.3 is 9.47 Å². The fourth-order valence-corrected chi connectivity index (χ4v) is 1.15. The van der Waals surface area contributed by atoms with Gasteiger partial charge in [0, 0.05) is 11.3 Å². The molecule has 0 bridgehead atoms. The second-order valence-electron chi connectivity index (χ2n) is 3.96. The molecule has 0 spiro atoms. The van der Waals surface area contributed by atoms with E-state index < -0.39 is 12.1 Å². The first-order valence-electron chi connectivity index (χ1n) is 5.94. The average Bonchev–Trinajstić information content (AvgIpc) is 2.38. The monoisotopic (exact) mass is 263 g/mol. The summed E-state index contributed by atoms with van der Waals surface area (Å²) in [6, 6.07) is 6.40. The Hall–Kier alpha value is -2.30. The van der Waals surface area contributed by atoms with Gasteiger partial charge in [-0.05, 0) is 37.6 Å². The number of carbonyl (C=O) groups excluding carboxylic acids is 2. The SMILES string of the molecule is C=C(C)C(=O)Oc1ccc(NC(=O)OCCC)cc1. The van der Waals surface area contributed by atoms with E-state index in [0.29, 0.717) is 23.6 Å². The van der Waals surface area contributed by atoms with Crippen molar-refractivity contribution in [2.45, 2.75) is 20.3 Å². The van der Waals surface area contributed by atoms with Crippen LogP contribution in [0.5, 0.6) is 5.75 Å². The summed E-state index contributed by atoms with van der Waals surface area (Å²) in [7, 11) is 0. The maximum atomic E-state index is 11.3. The number of benzene rings is 1. The van der Waals surface area contributed by atoms with Crippen molar-refractivity contribution in [2.75, 3.05) is 11.9 Å². The van der Waals surface area contributed by atoms with Gasteiger partial charge in [0.25, 0.3) is 0 Å². The van der Waals surface area contributed by atoms with Gasteiger partial charge in [0.05, 0.1) is 6.61 Å². The van der Waals surface area contributed by atoms with Gasteiger partial charge in [-0.1, -0.05) is 13.5 Å². The molecule has 0 unspecified atom stereocenters. The Morgan fingerprint density at radius 2 is 1.89 bits per heavy atom. The summed E-state index contributed by atoms with van der Waals surface area (Å²) in [4.78, 5) is 22.6. The topological polar surface area (TPSA) is 64.6 Å². The fourth-order valence-electron chi connectivity index (χ4n) is 1.15. The van der Waals surface area contributed by atoms with E-state index in [4.69, 9.17) is 9.47 Å². The van der Waals surface area contributed by atoms with Crippen LogP contribution in [0, 0.1) is 0 Å². The van der Waals surface area contributed by atoms with Gasteiger partial charge in [-0.3, -0.25) is 5.32 Å². The zero-order valence-electron chi connectivity index (χ0n) is 11.1. The molecule has 1 aromatic carbocycles. The number of hydrogen-bond acceptors (Lipinski definition) is 4. The highest BCUT2D eigenvalue weighted by molar-refractivity contribution is 5.89. The van der Waals surface area contributed by atoms with Crippen molar-refractivity contribution in [3.8, 4) is 5.75 Å². The number of anilines is 1. The third kappa shape index (κ3) is 5.25. The molecule has 0 radical (unpaired) electrons. The predicted molar refractivity (Wildman–Crippen MR) is 72.2 cm³/mol. The Labute approximate surface area is 112 Å². The van der Waals surface area contributed by atoms with Gasteiger partial charge in [0.1, 0.15) is 5.75 Å². The molecule has 0 aliphatic heterocycles. The molecule has 5 heteroatoms. The van der Waals surface area contributed by atoms with Crippen LogP contribution < -0.4 is 10.1 Å². The van der Waals surface area contributed by atoms with E-state index in [-0.39, 0.29) is 0 Å². The van der Waals surface area contributed by atoms with E-state index >= 15 is 0 Å². The van der Waals surface area contributed by atoms with Crippen LogP contribution in [0.2, 0.25) is 0 Å². The lowest BCUT2D eigenvalue weighted by molar-refractivity contribution is -0.130. The van der Waals surface area contributed by atoms with Crippen LogP contribution in [-0.4, -0.2) is 18.7 Å². The van der Waals surface area contributed by atoms with E-state index in [1.165, 1.54) is 0 Å². The molecule has 0 aliphatic carbocycles. The molecule has 1 rings (SSSR count). The van der Waals surface area contributed by atoms with Gasteiger partial charge in [-0.15, -0.1) is 0 Å². The van der Waals surface area contributed by atoms with Crippen LogP contribution in [0.3, 0.4) is 0 Å². The lowest BCUT2D eigenvalue weighted by atomic mass is 10.3. The number of rotatable bonds is 5. The molecule has 102 valence electrons. The van der Waals surface area contributed by atoms with E-state index in [0.717, 1.165) is 6.42 Å². The molecular weight excluding hydrogens is 246 g/mol. The van der Waals surface area contributed by atoms with Gasteiger partial charge >= 0.3 is 12.1 Å². The summed E-state index contributed by atoms with van der Waals surface area (Å²) >= 11 is 0. The largest absolute Gasteiger partial charge is 0.449 e. The highest BCUT2D eigenvalue weighted by Crippen LogP contribution is 2.16. The van der Waals surface area contributed by atoms with Crippen molar-refractivity contribution >= 4 is 17.7 Å². The summed E-state index contributed by atoms with van der Waals surface area (Å²) in [6.45, 7) is 7.35. The van der Waals surface area contributed by atoms with Crippen LogP contribution >= 0.6 is 0 Å². The van der Waals surface area contributed by atoms with Crippen molar-refractivity contribution in [1.82, 2.24) is 0 Å². The van der Waals surface area contributed by atoms with Crippen LogP contribution in [0.4, 0.5) is 10.5 Å². The van der Waals surface area contributed by atoms with E-state index in [1.54, 1.807) is 31.2 Å². The standard InChI is InChI=1S/C14H17NO4/c1-4-9-18-14(17)15-11-5-7-12(8-6-11)19-13(16)10(2)3/h5-8H,2,4,9H2,1,3H3,(H,15,17). The molecule has 0 aromatic heterocycles. The molecule has 5 nitrogen and oxygen atoms in total. The van der Waals surface area contributed by atoms with Crippen molar-refractivity contribution < 1.29 is 19.1 Å². The second-order valence-corrected chi connectivity index (χ2v) is 3.96. The summed E-state index contributed by atoms with van der Waals surface area (Å²) < 4.78 is 9.89. The van der Waals surface area contributed by atoms with E-state index in [2.05, 4.69) is 11.9 Å². The molecule has 1 N–H and O–H groups in total. The summed E-state index contributed by atoms with van der Waals surface area (Å²) in [5, 5.41) is 2.56. The zero-order chi connectivity index (χ0) is 14.3. The Morgan fingerprint density at radius 1 is 1.26 bits per heavy atom. The van der Waals surface area contributed by atoms with Gasteiger partial charge in [0.15, 0.2) is 0 Å². The Balaban J connectivity index is 2.54. The summed E-state index contributed by atoms with van der Waals surface area (Å²) in [5.74, 6) is -0.0939. The van der Waals surface area contributed by atoms with Crippen LogP contribution in [-0.2, 0) is 9.53 Å². The number of hydrogen-bond donors (Lipinski definition) is 1. The number of carbonyl (C=O) groups is 2. The smallest absolute Gasteiger partial charge is 0.411 e. The minimum Gasteiger partial charge on any atom is -0.449 e. The Bertz CT molecular complexity index is 465. The molecule has 19 heavy (non-hydrogen) atoms. The molecule has 0 saturated heterocycles. The van der Waals surface area contributed by atoms with Crippen LogP contribution in [0.25, 0.3) is 0 Å². The number of ether oxygens (including phenoxy) is 2. The van der Waals surface area contributed by atoms with Crippen molar-refractivity contribution in [3.05, 3.63) is 36.4 Å². The molecule has 0 aliphatic rings. The molecule has 1 aromatic rings. The quantitative estimate of drug-likeness (QED) is 0.503. The predicted octanol–water partition coefficient (Wildman–Crippen LogP) is 3.13. The molecule has 0 saturated carbocycles. The maximum Gasteiger partial charge on any atom is 0.411 e. The van der Waals surface area contributed by atoms with E-state index in [1.807, 2.05) is 6.92 Å². The first kappa shape index (κ1) is 14.8. The molecule has 0 atom stereocenters. The third-order valence-electron chi connectivity index (χ3n) is 2.10. The minimum absolute atomic E-state index is 0.324. The summed E-state index contributed by atoms with van der Waals surface area (Å²) in [6.07, 6.45) is 0.261. The molecule has 1 amide bonds. The highest BCUT2D eigenvalue weighted by Gasteiger charge is 2.06. The Kier molecular flexibility index (Phi) is 5.60. The van der Waals surface area contributed by atoms with Crippen LogP contribution in [0.1, 0.15) is 20.3 Å². The first-order valence-corrected chi connectivity index (χ1v) is 5.94. The molecular formula is C14H17NO4. The van der Waals surface area contributed by atoms with E-state index in [9.17, 15) is 9.59 Å². The number of nitrogens with one attached hydrogen (secondary N) is 1. The normalized spacial score (nSPS) is 9.58. The lowest BCUT2D eigenvalue weighted by Gasteiger charge is -2.07. The summed E-state index contributed by atoms with van der Waals surface area (Å²) in [5.41, 5.74) is 0.890.